The summed E-state index contributed by atoms with van der Waals surface area (Å²) in [4.78, 5) is 8.64. The lowest BCUT2D eigenvalue weighted by atomic mass is 10.1. The molecule has 2 aromatic rings. The van der Waals surface area contributed by atoms with Crippen LogP contribution in [0.3, 0.4) is 0 Å². The third-order valence-corrected chi connectivity index (χ3v) is 4.17. The first-order chi connectivity index (χ1) is 11.5. The number of hydrogen-bond donors (Lipinski definition) is 1. The summed E-state index contributed by atoms with van der Waals surface area (Å²) in [7, 11) is 10.1. The van der Waals surface area contributed by atoms with Gasteiger partial charge >= 0.3 is 0 Å². The Morgan fingerprint density at radius 2 is 1.80 bits per heavy atom. The lowest BCUT2D eigenvalue weighted by Gasteiger charge is -2.22. The first kappa shape index (κ1) is 21.3. The molecule has 0 aliphatic carbocycles. The number of nitrogens with zero attached hydrogens (tertiary/aromatic N) is 4. The smallest absolute Gasteiger partial charge is 0.193 e. The minimum absolute atomic E-state index is 0. The van der Waals surface area contributed by atoms with Crippen LogP contribution in [-0.4, -0.2) is 50.2 Å². The zero-order chi connectivity index (χ0) is 17.5. The number of aliphatic imine (C=N–C) groups is 1. The van der Waals surface area contributed by atoms with Crippen LogP contribution in [0.2, 0.25) is 0 Å². The molecule has 1 aromatic carbocycles. The Bertz CT molecular complexity index is 661. The summed E-state index contributed by atoms with van der Waals surface area (Å²) in [6.45, 7) is 1.70. The van der Waals surface area contributed by atoms with Crippen molar-refractivity contribution in [2.24, 2.45) is 12.0 Å². The Morgan fingerprint density at radius 3 is 2.32 bits per heavy atom. The van der Waals surface area contributed by atoms with Gasteiger partial charge in [-0.3, -0.25) is 4.99 Å². The van der Waals surface area contributed by atoms with Crippen molar-refractivity contribution in [1.82, 2.24) is 14.8 Å². The van der Waals surface area contributed by atoms with Gasteiger partial charge in [-0.15, -0.1) is 24.0 Å². The molecule has 1 heterocycles. The van der Waals surface area contributed by atoms with Crippen molar-refractivity contribution in [3.8, 4) is 0 Å². The van der Waals surface area contributed by atoms with Crippen molar-refractivity contribution < 1.29 is 0 Å². The maximum absolute atomic E-state index is 4.38. The van der Waals surface area contributed by atoms with Crippen molar-refractivity contribution in [2.45, 2.75) is 13.0 Å². The van der Waals surface area contributed by atoms with E-state index in [1.54, 1.807) is 0 Å². The third kappa shape index (κ3) is 6.26. The van der Waals surface area contributed by atoms with Crippen LogP contribution in [0.1, 0.15) is 11.3 Å². The van der Waals surface area contributed by atoms with E-state index in [9.17, 15) is 0 Å². The molecule has 1 N–H and O–H groups in total. The van der Waals surface area contributed by atoms with Crippen LogP contribution in [0, 0.1) is 0 Å². The monoisotopic (exact) mass is 455 g/mol. The standard InChI is InChI=1S/C19H29N5.HI/c1-20-19(24(5)15-18-7-6-14-23(18)4)21-13-12-16-8-10-17(11-9-16)22(2)3;/h6-11,14H,12-13,15H2,1-5H3,(H,20,21);1H. The summed E-state index contributed by atoms with van der Waals surface area (Å²) in [5.41, 5.74) is 3.82. The lowest BCUT2D eigenvalue weighted by molar-refractivity contribution is 0.462. The van der Waals surface area contributed by atoms with Crippen molar-refractivity contribution in [2.75, 3.05) is 39.6 Å². The molecule has 138 valence electrons. The predicted octanol–water partition coefficient (Wildman–Crippen LogP) is 2.96. The van der Waals surface area contributed by atoms with Gasteiger partial charge in [0.05, 0.1) is 6.54 Å². The van der Waals surface area contributed by atoms with E-state index in [2.05, 4.69) is 95.5 Å². The Balaban J connectivity index is 0.00000312. The number of nitrogens with one attached hydrogen (secondary N) is 1. The number of benzene rings is 1. The number of rotatable bonds is 6. The summed E-state index contributed by atoms with van der Waals surface area (Å²) in [5.74, 6) is 0.918. The SMILES string of the molecule is CN=C(NCCc1ccc(N(C)C)cc1)N(C)Cc1cccn1C.I. The molecule has 6 heteroatoms. The van der Waals surface area contributed by atoms with Gasteiger partial charge in [-0.25, -0.2) is 0 Å². The highest BCUT2D eigenvalue weighted by atomic mass is 127. The molecule has 0 saturated carbocycles. The quantitative estimate of drug-likeness (QED) is 0.414. The van der Waals surface area contributed by atoms with E-state index >= 15 is 0 Å². The van der Waals surface area contributed by atoms with E-state index in [-0.39, 0.29) is 24.0 Å². The molecular formula is C19H30IN5. The van der Waals surface area contributed by atoms with Gasteiger partial charge in [0.1, 0.15) is 0 Å². The van der Waals surface area contributed by atoms with Crippen molar-refractivity contribution in [3.63, 3.8) is 0 Å². The molecule has 0 amide bonds. The fraction of sp³-hybridized carbons (Fsp3) is 0.421. The summed E-state index contributed by atoms with van der Waals surface area (Å²) < 4.78 is 2.14. The van der Waals surface area contributed by atoms with Crippen LogP contribution >= 0.6 is 24.0 Å². The molecule has 0 radical (unpaired) electrons. The average Bonchev–Trinajstić information content (AvgIpc) is 2.97. The maximum atomic E-state index is 4.38. The van der Waals surface area contributed by atoms with Gasteiger partial charge in [0.2, 0.25) is 0 Å². The molecule has 2 rings (SSSR count). The fourth-order valence-electron chi connectivity index (χ4n) is 2.64. The van der Waals surface area contributed by atoms with Crippen LogP contribution in [-0.2, 0) is 20.0 Å². The molecule has 0 bridgehead atoms. The molecule has 0 aliphatic heterocycles. The van der Waals surface area contributed by atoms with Crippen molar-refractivity contribution in [3.05, 3.63) is 53.9 Å². The lowest BCUT2D eigenvalue weighted by Crippen LogP contribution is -2.39. The highest BCUT2D eigenvalue weighted by Crippen LogP contribution is 2.12. The molecule has 25 heavy (non-hydrogen) atoms. The largest absolute Gasteiger partial charge is 0.378 e. The zero-order valence-electron chi connectivity index (χ0n) is 15.9. The summed E-state index contributed by atoms with van der Waals surface area (Å²) in [6, 6.07) is 12.9. The number of halogens is 1. The van der Waals surface area contributed by atoms with Gasteiger partial charge in [0, 0.05) is 59.4 Å². The first-order valence-corrected chi connectivity index (χ1v) is 8.29. The van der Waals surface area contributed by atoms with Crippen molar-refractivity contribution in [1.29, 1.82) is 0 Å². The second-order valence-electron chi connectivity index (χ2n) is 6.25. The van der Waals surface area contributed by atoms with Gasteiger partial charge in [0.15, 0.2) is 5.96 Å². The Kier molecular flexibility index (Phi) is 8.82. The van der Waals surface area contributed by atoms with Crippen LogP contribution in [0.4, 0.5) is 5.69 Å². The Morgan fingerprint density at radius 1 is 1.12 bits per heavy atom. The molecule has 0 fully saturated rings. The predicted molar refractivity (Wildman–Crippen MR) is 118 cm³/mol. The first-order valence-electron chi connectivity index (χ1n) is 8.29. The normalized spacial score (nSPS) is 11.0. The summed E-state index contributed by atoms with van der Waals surface area (Å²) >= 11 is 0. The summed E-state index contributed by atoms with van der Waals surface area (Å²) in [5, 5.41) is 3.44. The van der Waals surface area contributed by atoms with Gasteiger partial charge in [-0.05, 0) is 36.2 Å². The second kappa shape index (κ2) is 10.3. The highest BCUT2D eigenvalue weighted by Gasteiger charge is 2.08. The van der Waals surface area contributed by atoms with E-state index in [1.165, 1.54) is 16.9 Å². The van der Waals surface area contributed by atoms with Gasteiger partial charge in [-0.2, -0.15) is 0 Å². The highest BCUT2D eigenvalue weighted by molar-refractivity contribution is 14.0. The van der Waals surface area contributed by atoms with Crippen LogP contribution < -0.4 is 10.2 Å². The molecule has 0 saturated heterocycles. The van der Waals surface area contributed by atoms with E-state index in [1.807, 2.05) is 7.05 Å². The van der Waals surface area contributed by atoms with Gasteiger partial charge in [-0.1, -0.05) is 12.1 Å². The number of guanidine groups is 1. The maximum Gasteiger partial charge on any atom is 0.193 e. The Labute approximate surface area is 168 Å². The third-order valence-electron chi connectivity index (χ3n) is 4.17. The fourth-order valence-corrected chi connectivity index (χ4v) is 2.64. The molecule has 0 atom stereocenters. The van der Waals surface area contributed by atoms with Crippen LogP contribution in [0.5, 0.6) is 0 Å². The topological polar surface area (TPSA) is 35.8 Å². The second-order valence-corrected chi connectivity index (χ2v) is 6.25. The molecule has 1 aromatic heterocycles. The van der Waals surface area contributed by atoms with Crippen LogP contribution in [0.25, 0.3) is 0 Å². The van der Waals surface area contributed by atoms with E-state index < -0.39 is 0 Å². The van der Waals surface area contributed by atoms with E-state index in [4.69, 9.17) is 0 Å². The zero-order valence-corrected chi connectivity index (χ0v) is 18.2. The molecule has 0 aliphatic rings. The van der Waals surface area contributed by atoms with E-state index in [0.29, 0.717) is 0 Å². The van der Waals surface area contributed by atoms with E-state index in [0.717, 1.165) is 25.5 Å². The minimum atomic E-state index is 0. The molecular weight excluding hydrogens is 425 g/mol. The molecule has 0 spiro atoms. The molecule has 5 nitrogen and oxygen atoms in total. The van der Waals surface area contributed by atoms with Gasteiger partial charge < -0.3 is 19.7 Å². The summed E-state index contributed by atoms with van der Waals surface area (Å²) in [6.07, 6.45) is 3.04. The molecule has 0 unspecified atom stereocenters. The number of aryl methyl sites for hydroxylation is 1. The number of anilines is 1. The van der Waals surface area contributed by atoms with Gasteiger partial charge in [0.25, 0.3) is 0 Å². The number of hydrogen-bond acceptors (Lipinski definition) is 2. The average molecular weight is 455 g/mol. The minimum Gasteiger partial charge on any atom is -0.378 e. The number of aromatic nitrogens is 1. The van der Waals surface area contributed by atoms with Crippen LogP contribution in [0.15, 0.2) is 47.6 Å². The van der Waals surface area contributed by atoms with Crippen molar-refractivity contribution >= 4 is 35.6 Å². The Hall–Kier alpha value is -1.70.